The first kappa shape index (κ1) is 19.1. The van der Waals surface area contributed by atoms with Crippen LogP contribution in [0.15, 0.2) is 67.3 Å². The lowest BCUT2D eigenvalue weighted by Gasteiger charge is -2.04. The molecule has 0 unspecified atom stereocenters. The Kier molecular flexibility index (Phi) is 7.33. The van der Waals surface area contributed by atoms with Gasteiger partial charge in [-0.05, 0) is 47.9 Å². The molecule has 0 saturated carbocycles. The molecule has 2 aromatic rings. The summed E-state index contributed by atoms with van der Waals surface area (Å²) in [6, 6.07) is 14.0. The summed E-state index contributed by atoms with van der Waals surface area (Å²) < 4.78 is 15.2. The molecule has 26 heavy (non-hydrogen) atoms. The third kappa shape index (κ3) is 6.37. The van der Waals surface area contributed by atoms with Crippen LogP contribution in [0.5, 0.6) is 11.5 Å². The highest BCUT2D eigenvalue weighted by molar-refractivity contribution is 5.88. The van der Waals surface area contributed by atoms with Crippen molar-refractivity contribution in [1.82, 2.24) is 0 Å². The summed E-state index contributed by atoms with van der Waals surface area (Å²) in [7, 11) is 1.66. The van der Waals surface area contributed by atoms with Gasteiger partial charge in [-0.2, -0.15) is 0 Å². The Morgan fingerprint density at radius 1 is 0.923 bits per heavy atom. The molecular formula is C21H20O5. The van der Waals surface area contributed by atoms with Gasteiger partial charge < -0.3 is 14.2 Å². The molecule has 0 aliphatic rings. The Balaban J connectivity index is 1.88. The first-order chi connectivity index (χ1) is 12.6. The van der Waals surface area contributed by atoms with Crippen LogP contribution < -0.4 is 9.47 Å². The summed E-state index contributed by atoms with van der Waals surface area (Å²) in [5.41, 5.74) is 1.88. The van der Waals surface area contributed by atoms with Crippen LogP contribution in [0.2, 0.25) is 0 Å². The van der Waals surface area contributed by atoms with Crippen LogP contribution in [0.25, 0.3) is 6.08 Å². The van der Waals surface area contributed by atoms with Crippen LogP contribution in [-0.4, -0.2) is 25.7 Å². The maximum absolute atomic E-state index is 11.9. The fourth-order valence-corrected chi connectivity index (χ4v) is 2.06. The van der Waals surface area contributed by atoms with E-state index in [1.165, 1.54) is 6.08 Å². The van der Waals surface area contributed by atoms with Gasteiger partial charge >= 0.3 is 11.9 Å². The van der Waals surface area contributed by atoms with Crippen LogP contribution in [0, 0.1) is 0 Å². The van der Waals surface area contributed by atoms with E-state index in [1.54, 1.807) is 49.6 Å². The smallest absolute Gasteiger partial charge is 0.336 e. The second-order valence-electron chi connectivity index (χ2n) is 5.34. The lowest BCUT2D eigenvalue weighted by Crippen LogP contribution is -2.04. The van der Waals surface area contributed by atoms with Crippen molar-refractivity contribution in [3.05, 3.63) is 78.4 Å². The zero-order valence-corrected chi connectivity index (χ0v) is 14.5. The van der Waals surface area contributed by atoms with Crippen LogP contribution in [0.1, 0.15) is 11.1 Å². The lowest BCUT2D eigenvalue weighted by molar-refractivity contribution is -0.129. The van der Waals surface area contributed by atoms with Crippen LogP contribution in [0.4, 0.5) is 0 Å². The normalized spacial score (nSPS) is 10.5. The molecule has 0 radical (unpaired) electrons. The number of hydrogen-bond donors (Lipinski definition) is 0. The van der Waals surface area contributed by atoms with Crippen molar-refractivity contribution in [3.8, 4) is 11.5 Å². The first-order valence-corrected chi connectivity index (χ1v) is 8.03. The Hall–Kier alpha value is -3.18. The second-order valence-corrected chi connectivity index (χ2v) is 5.34. The molecule has 2 rings (SSSR count). The molecule has 0 atom stereocenters. The Labute approximate surface area is 152 Å². The predicted octanol–water partition coefficient (Wildman–Crippen LogP) is 3.59. The SMILES string of the molecule is C=CC(=O)Oc1ccc(/C=C/C(=O)Oc2ccc(CCOC)cc2)cc1. The van der Waals surface area contributed by atoms with Crippen molar-refractivity contribution >= 4 is 18.0 Å². The number of rotatable bonds is 8. The minimum Gasteiger partial charge on any atom is -0.423 e. The van der Waals surface area contributed by atoms with E-state index < -0.39 is 11.9 Å². The van der Waals surface area contributed by atoms with E-state index >= 15 is 0 Å². The second kappa shape index (κ2) is 9.96. The number of benzene rings is 2. The zero-order valence-electron chi connectivity index (χ0n) is 14.5. The third-order valence-electron chi connectivity index (χ3n) is 3.41. The predicted molar refractivity (Wildman–Crippen MR) is 99.0 cm³/mol. The van der Waals surface area contributed by atoms with Gasteiger partial charge in [-0.25, -0.2) is 9.59 Å². The van der Waals surface area contributed by atoms with Crippen molar-refractivity contribution in [2.45, 2.75) is 6.42 Å². The fraction of sp³-hybridized carbons (Fsp3) is 0.143. The maximum Gasteiger partial charge on any atom is 0.336 e. The molecule has 2 aromatic carbocycles. The summed E-state index contributed by atoms with van der Waals surface area (Å²) >= 11 is 0. The Bertz CT molecular complexity index is 773. The van der Waals surface area contributed by atoms with Gasteiger partial charge in [-0.1, -0.05) is 30.8 Å². The molecule has 134 valence electrons. The lowest BCUT2D eigenvalue weighted by atomic mass is 10.1. The van der Waals surface area contributed by atoms with E-state index in [0.717, 1.165) is 23.6 Å². The van der Waals surface area contributed by atoms with Gasteiger partial charge in [-0.3, -0.25) is 0 Å². The van der Waals surface area contributed by atoms with Crippen LogP contribution >= 0.6 is 0 Å². The molecule has 0 fully saturated rings. The minimum atomic E-state index is -0.523. The third-order valence-corrected chi connectivity index (χ3v) is 3.41. The van der Waals surface area contributed by atoms with E-state index in [2.05, 4.69) is 6.58 Å². The largest absolute Gasteiger partial charge is 0.423 e. The molecule has 5 heteroatoms. The first-order valence-electron chi connectivity index (χ1n) is 8.03. The fourth-order valence-electron chi connectivity index (χ4n) is 2.06. The van der Waals surface area contributed by atoms with Gasteiger partial charge in [-0.15, -0.1) is 0 Å². The molecule has 0 aromatic heterocycles. The molecule has 0 aliphatic heterocycles. The quantitative estimate of drug-likeness (QED) is 0.413. The topological polar surface area (TPSA) is 61.8 Å². The summed E-state index contributed by atoms with van der Waals surface area (Å²) in [5, 5.41) is 0. The zero-order chi connectivity index (χ0) is 18.8. The van der Waals surface area contributed by atoms with Crippen molar-refractivity contribution in [2.75, 3.05) is 13.7 Å². The summed E-state index contributed by atoms with van der Waals surface area (Å²) in [6.45, 7) is 3.98. The highest BCUT2D eigenvalue weighted by Gasteiger charge is 2.02. The standard InChI is InChI=1S/C21H20O5/c1-3-20(22)25-18-9-4-16(5-10-18)8-13-21(23)26-19-11-6-17(7-12-19)14-15-24-2/h3-13H,1,14-15H2,2H3/b13-8+. The van der Waals surface area contributed by atoms with Gasteiger partial charge in [0.1, 0.15) is 11.5 Å². The number of carbonyl (C=O) groups excluding carboxylic acids is 2. The molecule has 0 heterocycles. The number of ether oxygens (including phenoxy) is 3. The van der Waals surface area contributed by atoms with Gasteiger partial charge in [0.15, 0.2) is 0 Å². The van der Waals surface area contributed by atoms with E-state index in [4.69, 9.17) is 14.2 Å². The molecule has 5 nitrogen and oxygen atoms in total. The Morgan fingerprint density at radius 2 is 1.50 bits per heavy atom. The number of carbonyl (C=O) groups is 2. The minimum absolute atomic E-state index is 0.406. The molecule has 0 amide bonds. The van der Waals surface area contributed by atoms with Gasteiger partial charge in [0, 0.05) is 19.3 Å². The van der Waals surface area contributed by atoms with Gasteiger partial charge in [0.25, 0.3) is 0 Å². The molecule has 0 spiro atoms. The number of methoxy groups -OCH3 is 1. The van der Waals surface area contributed by atoms with Crippen molar-refractivity contribution in [1.29, 1.82) is 0 Å². The number of esters is 2. The Morgan fingerprint density at radius 3 is 2.08 bits per heavy atom. The highest BCUT2D eigenvalue weighted by Crippen LogP contribution is 2.15. The van der Waals surface area contributed by atoms with E-state index in [1.807, 2.05) is 12.1 Å². The molecule has 0 aliphatic carbocycles. The summed E-state index contributed by atoms with van der Waals surface area (Å²) in [6.07, 6.45) is 4.86. The van der Waals surface area contributed by atoms with Crippen molar-refractivity contribution in [2.24, 2.45) is 0 Å². The molecule has 0 N–H and O–H groups in total. The molecule has 0 saturated heterocycles. The number of hydrogen-bond acceptors (Lipinski definition) is 5. The van der Waals surface area contributed by atoms with E-state index in [0.29, 0.717) is 18.1 Å². The van der Waals surface area contributed by atoms with Gasteiger partial charge in [0.2, 0.25) is 0 Å². The molecular weight excluding hydrogens is 332 g/mol. The van der Waals surface area contributed by atoms with Crippen molar-refractivity contribution in [3.63, 3.8) is 0 Å². The van der Waals surface area contributed by atoms with E-state index in [9.17, 15) is 9.59 Å². The average Bonchev–Trinajstić information content (AvgIpc) is 2.67. The summed E-state index contributed by atoms with van der Waals surface area (Å²) in [4.78, 5) is 23.0. The van der Waals surface area contributed by atoms with Crippen LogP contribution in [-0.2, 0) is 20.7 Å². The monoisotopic (exact) mass is 352 g/mol. The van der Waals surface area contributed by atoms with Gasteiger partial charge in [0.05, 0.1) is 6.61 Å². The highest BCUT2D eigenvalue weighted by atomic mass is 16.5. The average molecular weight is 352 g/mol. The van der Waals surface area contributed by atoms with Crippen LogP contribution in [0.3, 0.4) is 0 Å². The maximum atomic E-state index is 11.9. The molecule has 0 bridgehead atoms. The van der Waals surface area contributed by atoms with Crippen molar-refractivity contribution < 1.29 is 23.8 Å². The van der Waals surface area contributed by atoms with E-state index in [-0.39, 0.29) is 0 Å². The summed E-state index contributed by atoms with van der Waals surface area (Å²) in [5.74, 6) is -0.113.